The molecule has 1 saturated heterocycles. The highest BCUT2D eigenvalue weighted by atomic mass is 35.5. The zero-order valence-electron chi connectivity index (χ0n) is 18.8. The Balaban J connectivity index is 1.37. The molecule has 35 heavy (non-hydrogen) atoms. The van der Waals surface area contributed by atoms with Crippen LogP contribution in [0.2, 0.25) is 5.02 Å². The van der Waals surface area contributed by atoms with Crippen molar-refractivity contribution in [3.05, 3.63) is 68.9 Å². The molecule has 0 saturated carbocycles. The molecule has 1 fully saturated rings. The number of amides is 2. The number of nitrogens with one attached hydrogen (secondary N) is 2. The van der Waals surface area contributed by atoms with Crippen molar-refractivity contribution in [3.8, 4) is 0 Å². The van der Waals surface area contributed by atoms with Crippen LogP contribution in [0.3, 0.4) is 0 Å². The fourth-order valence-electron chi connectivity index (χ4n) is 3.95. The SMILES string of the molecule is COC(=O)C(Cc1cnc[nH]1)NC(=O)c1csc(C2CCN(C(=O)c3c(F)cccc3Cl)CC2)n1. The second-order valence-corrected chi connectivity index (χ2v) is 9.36. The number of aromatic nitrogens is 3. The van der Waals surface area contributed by atoms with Crippen LogP contribution in [0.15, 0.2) is 36.1 Å². The number of piperidine rings is 1. The van der Waals surface area contributed by atoms with Crippen LogP contribution >= 0.6 is 22.9 Å². The maximum atomic E-state index is 14.1. The van der Waals surface area contributed by atoms with Gasteiger partial charge < -0.3 is 19.9 Å². The number of carbonyl (C=O) groups is 3. The van der Waals surface area contributed by atoms with Gasteiger partial charge in [-0.2, -0.15) is 0 Å². The van der Waals surface area contributed by atoms with Crippen LogP contribution in [-0.4, -0.2) is 63.9 Å². The monoisotopic (exact) mass is 519 g/mol. The first kappa shape index (κ1) is 24.8. The van der Waals surface area contributed by atoms with Crippen molar-refractivity contribution in [1.29, 1.82) is 0 Å². The Morgan fingerprint density at radius 2 is 2.11 bits per heavy atom. The van der Waals surface area contributed by atoms with Crippen molar-refractivity contribution in [2.75, 3.05) is 20.2 Å². The Bertz CT molecular complexity index is 1190. The highest BCUT2D eigenvalue weighted by Crippen LogP contribution is 2.32. The van der Waals surface area contributed by atoms with Gasteiger partial charge in [0.25, 0.3) is 11.8 Å². The third kappa shape index (κ3) is 5.68. The molecule has 0 bridgehead atoms. The molecule has 2 aromatic heterocycles. The van der Waals surface area contributed by atoms with E-state index in [0.29, 0.717) is 31.6 Å². The fourth-order valence-corrected chi connectivity index (χ4v) is 5.17. The third-order valence-corrected chi connectivity index (χ3v) is 7.15. The number of hydrogen-bond donors (Lipinski definition) is 2. The van der Waals surface area contributed by atoms with Crippen molar-refractivity contribution < 1.29 is 23.5 Å². The average molecular weight is 520 g/mol. The predicted octanol–water partition coefficient (Wildman–Crippen LogP) is 3.19. The molecule has 1 aliphatic rings. The maximum absolute atomic E-state index is 14.1. The van der Waals surface area contributed by atoms with E-state index in [9.17, 15) is 18.8 Å². The molecule has 0 radical (unpaired) electrons. The number of nitrogens with zero attached hydrogens (tertiary/aromatic N) is 3. The predicted molar refractivity (Wildman–Crippen MR) is 127 cm³/mol. The van der Waals surface area contributed by atoms with Crippen LogP contribution in [0, 0.1) is 5.82 Å². The highest BCUT2D eigenvalue weighted by Gasteiger charge is 2.30. The molecule has 4 rings (SSSR count). The summed E-state index contributed by atoms with van der Waals surface area (Å²) in [5.41, 5.74) is 0.772. The largest absolute Gasteiger partial charge is 0.467 e. The summed E-state index contributed by atoms with van der Waals surface area (Å²) in [7, 11) is 1.26. The van der Waals surface area contributed by atoms with Gasteiger partial charge in [0.05, 0.1) is 29.0 Å². The van der Waals surface area contributed by atoms with Gasteiger partial charge in [0.2, 0.25) is 0 Å². The number of benzene rings is 1. The standard InChI is InChI=1S/C23H23ClFN5O4S/c1-34-23(33)17(9-14-10-26-12-27-14)28-20(31)18-11-35-21(29-18)13-5-7-30(8-6-13)22(32)19-15(24)3-2-4-16(19)25/h2-4,10-13,17H,5-9H2,1H3,(H,26,27)(H,28,31). The van der Waals surface area contributed by atoms with Crippen molar-refractivity contribution in [1.82, 2.24) is 25.2 Å². The highest BCUT2D eigenvalue weighted by molar-refractivity contribution is 7.09. The number of esters is 1. The lowest BCUT2D eigenvalue weighted by Crippen LogP contribution is -2.43. The number of thiazole rings is 1. The summed E-state index contributed by atoms with van der Waals surface area (Å²) in [4.78, 5) is 50.5. The summed E-state index contributed by atoms with van der Waals surface area (Å²) in [6, 6.07) is 3.28. The number of H-pyrrole nitrogens is 1. The summed E-state index contributed by atoms with van der Waals surface area (Å²) in [5, 5.41) is 5.18. The average Bonchev–Trinajstić information content (AvgIpc) is 3.55. The summed E-state index contributed by atoms with van der Waals surface area (Å²) >= 11 is 7.39. The molecule has 1 atom stereocenters. The molecular formula is C23H23ClFN5O4S. The minimum Gasteiger partial charge on any atom is -0.467 e. The van der Waals surface area contributed by atoms with Crippen LogP contribution in [-0.2, 0) is 16.0 Å². The molecule has 2 N–H and O–H groups in total. The van der Waals surface area contributed by atoms with E-state index in [1.54, 1.807) is 16.5 Å². The second-order valence-electron chi connectivity index (χ2n) is 8.06. The number of rotatable bonds is 7. The number of methoxy groups -OCH3 is 1. The molecule has 1 aromatic carbocycles. The van der Waals surface area contributed by atoms with E-state index in [1.807, 2.05) is 0 Å². The van der Waals surface area contributed by atoms with E-state index >= 15 is 0 Å². The first-order chi connectivity index (χ1) is 16.9. The van der Waals surface area contributed by atoms with Gasteiger partial charge in [0.1, 0.15) is 17.6 Å². The van der Waals surface area contributed by atoms with Crippen LogP contribution < -0.4 is 5.32 Å². The third-order valence-electron chi connectivity index (χ3n) is 5.83. The van der Waals surface area contributed by atoms with Gasteiger partial charge in [-0.3, -0.25) is 9.59 Å². The number of aromatic amines is 1. The molecular weight excluding hydrogens is 497 g/mol. The smallest absolute Gasteiger partial charge is 0.328 e. The van der Waals surface area contributed by atoms with Crippen molar-refractivity contribution in [2.45, 2.75) is 31.2 Å². The van der Waals surface area contributed by atoms with Gasteiger partial charge in [-0.1, -0.05) is 17.7 Å². The van der Waals surface area contributed by atoms with Crippen LogP contribution in [0.25, 0.3) is 0 Å². The summed E-state index contributed by atoms with van der Waals surface area (Å²) in [6.45, 7) is 0.841. The van der Waals surface area contributed by atoms with Gasteiger partial charge in [0, 0.05) is 42.7 Å². The summed E-state index contributed by atoms with van der Waals surface area (Å²) in [5.74, 6) is -2.07. The molecule has 0 spiro atoms. The van der Waals surface area contributed by atoms with Gasteiger partial charge in [0.15, 0.2) is 0 Å². The van der Waals surface area contributed by atoms with Crippen molar-refractivity contribution >= 4 is 40.7 Å². The molecule has 12 heteroatoms. The molecule has 1 unspecified atom stereocenters. The lowest BCUT2D eigenvalue weighted by atomic mass is 9.97. The summed E-state index contributed by atoms with van der Waals surface area (Å²) in [6.07, 6.45) is 4.50. The number of halogens is 2. The molecule has 0 aliphatic carbocycles. The number of carbonyl (C=O) groups excluding carboxylic acids is 3. The van der Waals surface area contributed by atoms with Crippen LogP contribution in [0.4, 0.5) is 4.39 Å². The molecule has 3 aromatic rings. The van der Waals surface area contributed by atoms with E-state index in [4.69, 9.17) is 16.3 Å². The topological polar surface area (TPSA) is 117 Å². The first-order valence-corrected chi connectivity index (χ1v) is 12.2. The second kappa shape index (κ2) is 11.0. The lowest BCUT2D eigenvalue weighted by Gasteiger charge is -2.31. The quantitative estimate of drug-likeness (QED) is 0.463. The van der Waals surface area contributed by atoms with Gasteiger partial charge >= 0.3 is 5.97 Å². The number of likely N-dealkylation sites (tertiary alicyclic amines) is 1. The molecule has 3 heterocycles. The zero-order valence-corrected chi connectivity index (χ0v) is 20.4. The Morgan fingerprint density at radius 1 is 1.34 bits per heavy atom. The fraction of sp³-hybridized carbons (Fsp3) is 0.348. The Kier molecular flexibility index (Phi) is 7.76. The van der Waals surface area contributed by atoms with Gasteiger partial charge in [-0.15, -0.1) is 11.3 Å². The Labute approximate surface area is 209 Å². The molecule has 184 valence electrons. The Morgan fingerprint density at radius 3 is 2.77 bits per heavy atom. The minimum absolute atomic E-state index is 0.0584. The molecule has 1 aliphatic heterocycles. The van der Waals surface area contributed by atoms with Gasteiger partial charge in [-0.05, 0) is 25.0 Å². The number of hydrogen-bond acceptors (Lipinski definition) is 7. The van der Waals surface area contributed by atoms with Crippen LogP contribution in [0.1, 0.15) is 50.3 Å². The summed E-state index contributed by atoms with van der Waals surface area (Å²) < 4.78 is 18.9. The van der Waals surface area contributed by atoms with E-state index in [-0.39, 0.29) is 28.6 Å². The van der Waals surface area contributed by atoms with E-state index in [1.165, 1.54) is 43.0 Å². The first-order valence-electron chi connectivity index (χ1n) is 10.9. The van der Waals surface area contributed by atoms with Crippen molar-refractivity contribution in [3.63, 3.8) is 0 Å². The Hall–Kier alpha value is -3.31. The normalized spacial score (nSPS) is 15.0. The molecule has 2 amide bonds. The molecule has 9 nitrogen and oxygen atoms in total. The lowest BCUT2D eigenvalue weighted by molar-refractivity contribution is -0.142. The van der Waals surface area contributed by atoms with Crippen LogP contribution in [0.5, 0.6) is 0 Å². The van der Waals surface area contributed by atoms with Gasteiger partial charge in [-0.25, -0.2) is 19.2 Å². The number of imidazole rings is 1. The van der Waals surface area contributed by atoms with E-state index in [2.05, 4.69) is 20.3 Å². The van der Waals surface area contributed by atoms with E-state index < -0.39 is 29.6 Å². The number of ether oxygens (including phenoxy) is 1. The van der Waals surface area contributed by atoms with Crippen molar-refractivity contribution in [2.24, 2.45) is 0 Å². The zero-order chi connectivity index (χ0) is 24.9. The van der Waals surface area contributed by atoms with E-state index in [0.717, 1.165) is 5.01 Å². The maximum Gasteiger partial charge on any atom is 0.328 e. The minimum atomic E-state index is -0.891.